The van der Waals surface area contributed by atoms with Gasteiger partial charge in [-0.25, -0.2) is 0 Å². The van der Waals surface area contributed by atoms with Crippen LogP contribution in [0.25, 0.3) is 0 Å². The van der Waals surface area contributed by atoms with Crippen molar-refractivity contribution >= 4 is 29.1 Å². The molecule has 0 saturated heterocycles. The second kappa shape index (κ2) is 8.23. The van der Waals surface area contributed by atoms with Crippen LogP contribution in [-0.2, 0) is 16.0 Å². The Balaban J connectivity index is 1.52. The van der Waals surface area contributed by atoms with E-state index in [1.54, 1.807) is 11.8 Å². The van der Waals surface area contributed by atoms with Gasteiger partial charge in [-0.2, -0.15) is 0 Å². The van der Waals surface area contributed by atoms with E-state index in [1.165, 1.54) is 0 Å². The maximum Gasteiger partial charge on any atom is 0.267 e. The number of fused-ring (bicyclic) bond motifs is 1. The lowest BCUT2D eigenvalue weighted by Crippen LogP contribution is -2.45. The minimum Gasteiger partial charge on any atom is -0.479 e. The summed E-state index contributed by atoms with van der Waals surface area (Å²) >= 11 is 5.95. The number of amides is 2. The third-order valence-corrected chi connectivity index (χ3v) is 4.50. The van der Waals surface area contributed by atoms with Gasteiger partial charge < -0.3 is 15.0 Å². The Bertz CT molecular complexity index is 809. The zero-order chi connectivity index (χ0) is 18.5. The normalized spacial score (nSPS) is 16.0. The van der Waals surface area contributed by atoms with Gasteiger partial charge in [-0.05, 0) is 43.2 Å². The number of benzene rings is 2. The van der Waals surface area contributed by atoms with E-state index in [0.29, 0.717) is 36.0 Å². The molecule has 1 atom stereocenters. The quantitative estimate of drug-likeness (QED) is 0.847. The largest absolute Gasteiger partial charge is 0.479 e. The monoisotopic (exact) mass is 372 g/mol. The lowest BCUT2D eigenvalue weighted by atomic mass is 10.1. The molecule has 2 aromatic rings. The van der Waals surface area contributed by atoms with Crippen LogP contribution in [0.2, 0.25) is 5.02 Å². The lowest BCUT2D eigenvalue weighted by Gasteiger charge is -2.32. The number of rotatable bonds is 6. The Morgan fingerprint density at radius 1 is 1.23 bits per heavy atom. The second-order valence-electron chi connectivity index (χ2n) is 6.20. The number of para-hydroxylation sites is 2. The predicted octanol–water partition coefficient (Wildman–Crippen LogP) is 3.20. The molecule has 0 saturated carbocycles. The van der Waals surface area contributed by atoms with E-state index < -0.39 is 6.10 Å². The molecule has 136 valence electrons. The summed E-state index contributed by atoms with van der Waals surface area (Å²) in [5.41, 5.74) is 1.78. The van der Waals surface area contributed by atoms with Crippen molar-refractivity contribution in [2.75, 3.05) is 18.0 Å². The van der Waals surface area contributed by atoms with Crippen molar-refractivity contribution in [1.82, 2.24) is 5.32 Å². The highest BCUT2D eigenvalue weighted by Gasteiger charge is 2.31. The molecule has 0 aliphatic carbocycles. The number of hydrogen-bond donors (Lipinski definition) is 1. The van der Waals surface area contributed by atoms with Crippen LogP contribution in [0.4, 0.5) is 5.69 Å². The number of nitrogens with one attached hydrogen (secondary N) is 1. The topological polar surface area (TPSA) is 58.6 Å². The number of ether oxygens (including phenoxy) is 1. The number of hydrogen-bond acceptors (Lipinski definition) is 3. The van der Waals surface area contributed by atoms with E-state index in [-0.39, 0.29) is 18.2 Å². The molecule has 3 rings (SSSR count). The predicted molar refractivity (Wildman–Crippen MR) is 102 cm³/mol. The Morgan fingerprint density at radius 3 is 2.85 bits per heavy atom. The van der Waals surface area contributed by atoms with Crippen molar-refractivity contribution in [2.24, 2.45) is 0 Å². The van der Waals surface area contributed by atoms with E-state index in [2.05, 4.69) is 5.32 Å². The molecule has 0 bridgehead atoms. The summed E-state index contributed by atoms with van der Waals surface area (Å²) in [7, 11) is 0. The van der Waals surface area contributed by atoms with Crippen molar-refractivity contribution < 1.29 is 14.3 Å². The molecular formula is C20H21ClN2O3. The smallest absolute Gasteiger partial charge is 0.267 e. The first-order valence-electron chi connectivity index (χ1n) is 8.63. The Labute approximate surface area is 157 Å². The van der Waals surface area contributed by atoms with Crippen LogP contribution in [0.3, 0.4) is 0 Å². The fraction of sp³-hybridized carbons (Fsp3) is 0.300. The molecule has 2 amide bonds. The summed E-state index contributed by atoms with van der Waals surface area (Å²) in [5, 5.41) is 3.58. The summed E-state index contributed by atoms with van der Waals surface area (Å²) in [6.07, 6.45) is 0.404. The first-order chi connectivity index (χ1) is 12.5. The molecule has 0 aromatic heterocycles. The Kier molecular flexibility index (Phi) is 5.78. The van der Waals surface area contributed by atoms with Crippen molar-refractivity contribution in [1.29, 1.82) is 0 Å². The molecule has 2 aromatic carbocycles. The standard InChI is InChI=1S/C20H21ClN2O3/c1-14-20(25)23(17-7-2-3-8-18(17)26-14)12-10-19(24)22-11-9-15-5-4-6-16(21)13-15/h2-8,13-14H,9-12H2,1H3,(H,22,24). The van der Waals surface area contributed by atoms with Gasteiger partial charge in [0.25, 0.3) is 5.91 Å². The van der Waals surface area contributed by atoms with Gasteiger partial charge in [-0.3, -0.25) is 9.59 Å². The van der Waals surface area contributed by atoms with Gasteiger partial charge in [0.2, 0.25) is 5.91 Å². The van der Waals surface area contributed by atoms with Gasteiger partial charge in [0.05, 0.1) is 5.69 Å². The Morgan fingerprint density at radius 2 is 2.04 bits per heavy atom. The van der Waals surface area contributed by atoms with Gasteiger partial charge in [0.1, 0.15) is 5.75 Å². The first kappa shape index (κ1) is 18.3. The Hall–Kier alpha value is -2.53. The molecule has 0 fully saturated rings. The van der Waals surface area contributed by atoms with Crippen LogP contribution >= 0.6 is 11.6 Å². The van der Waals surface area contributed by atoms with Gasteiger partial charge in [0, 0.05) is 24.5 Å². The zero-order valence-electron chi connectivity index (χ0n) is 14.6. The van der Waals surface area contributed by atoms with Gasteiger partial charge in [0.15, 0.2) is 6.10 Å². The highest BCUT2D eigenvalue weighted by Crippen LogP contribution is 2.33. The van der Waals surface area contributed by atoms with Crippen molar-refractivity contribution in [3.63, 3.8) is 0 Å². The zero-order valence-corrected chi connectivity index (χ0v) is 15.3. The minimum atomic E-state index is -0.546. The number of halogens is 1. The van der Waals surface area contributed by atoms with Crippen LogP contribution in [0.15, 0.2) is 48.5 Å². The van der Waals surface area contributed by atoms with E-state index >= 15 is 0 Å². The molecule has 26 heavy (non-hydrogen) atoms. The summed E-state index contributed by atoms with van der Waals surface area (Å²) in [6.45, 7) is 2.58. The van der Waals surface area contributed by atoms with Crippen LogP contribution < -0.4 is 15.0 Å². The number of carbonyl (C=O) groups excluding carboxylic acids is 2. The molecule has 1 unspecified atom stereocenters. The van der Waals surface area contributed by atoms with Gasteiger partial charge in [-0.15, -0.1) is 0 Å². The molecule has 0 radical (unpaired) electrons. The molecule has 1 N–H and O–H groups in total. The number of carbonyl (C=O) groups is 2. The van der Waals surface area contributed by atoms with Crippen LogP contribution in [0.1, 0.15) is 18.9 Å². The van der Waals surface area contributed by atoms with Gasteiger partial charge in [-0.1, -0.05) is 35.9 Å². The molecular weight excluding hydrogens is 352 g/mol. The van der Waals surface area contributed by atoms with Crippen LogP contribution in [0.5, 0.6) is 5.75 Å². The fourth-order valence-electron chi connectivity index (χ4n) is 2.93. The average molecular weight is 373 g/mol. The van der Waals surface area contributed by atoms with E-state index in [4.69, 9.17) is 16.3 Å². The first-order valence-corrected chi connectivity index (χ1v) is 9.00. The van der Waals surface area contributed by atoms with Crippen LogP contribution in [-0.4, -0.2) is 31.0 Å². The third-order valence-electron chi connectivity index (χ3n) is 4.26. The summed E-state index contributed by atoms with van der Waals surface area (Å²) in [4.78, 5) is 26.1. The maximum absolute atomic E-state index is 12.4. The van der Waals surface area contributed by atoms with Crippen LogP contribution in [0, 0.1) is 0 Å². The number of anilines is 1. The summed E-state index contributed by atoms with van der Waals surface area (Å²) in [5.74, 6) is 0.452. The summed E-state index contributed by atoms with van der Waals surface area (Å²) < 4.78 is 5.60. The summed E-state index contributed by atoms with van der Waals surface area (Å²) in [6, 6.07) is 14.9. The minimum absolute atomic E-state index is 0.0866. The van der Waals surface area contributed by atoms with E-state index in [1.807, 2.05) is 48.5 Å². The van der Waals surface area contributed by atoms with E-state index in [9.17, 15) is 9.59 Å². The molecule has 1 heterocycles. The highest BCUT2D eigenvalue weighted by molar-refractivity contribution is 6.30. The van der Waals surface area contributed by atoms with Crippen molar-refractivity contribution in [3.05, 3.63) is 59.1 Å². The van der Waals surface area contributed by atoms with Crippen molar-refractivity contribution in [3.8, 4) is 5.75 Å². The van der Waals surface area contributed by atoms with E-state index in [0.717, 1.165) is 5.56 Å². The number of nitrogens with zero attached hydrogens (tertiary/aromatic N) is 1. The lowest BCUT2D eigenvalue weighted by molar-refractivity contribution is -0.125. The highest BCUT2D eigenvalue weighted by atomic mass is 35.5. The average Bonchev–Trinajstić information content (AvgIpc) is 2.62. The van der Waals surface area contributed by atoms with Gasteiger partial charge >= 0.3 is 0 Å². The SMILES string of the molecule is CC1Oc2ccccc2N(CCC(=O)NCCc2cccc(Cl)c2)C1=O. The van der Waals surface area contributed by atoms with Crippen molar-refractivity contribution in [2.45, 2.75) is 25.9 Å². The third kappa shape index (κ3) is 4.35. The fourth-order valence-corrected chi connectivity index (χ4v) is 3.14. The molecule has 6 heteroatoms. The second-order valence-corrected chi connectivity index (χ2v) is 6.63. The molecule has 5 nitrogen and oxygen atoms in total. The molecule has 1 aliphatic heterocycles. The maximum atomic E-state index is 12.4. The molecule has 1 aliphatic rings. The molecule has 0 spiro atoms.